The number of carboxylic acid groups (broad SMARTS) is 1. The molecule has 9 heteroatoms. The van der Waals surface area contributed by atoms with Crippen LogP contribution >= 0.6 is 0 Å². The Kier molecular flexibility index (Phi) is 7.51. The minimum atomic E-state index is -1.39. The molecule has 0 aliphatic heterocycles. The number of aliphatic carboxylic acids is 1. The molecule has 0 saturated carbocycles. The first-order valence-corrected chi connectivity index (χ1v) is 9.01. The van der Waals surface area contributed by atoms with Crippen molar-refractivity contribution in [2.24, 2.45) is 0 Å². The SMILES string of the molecule is CC(C)(C)OC(=O)Nc1ccncc1C=C(NC(=O)OCc1ccccc1)C(=O)O. The molecule has 1 aromatic heterocycles. The van der Waals surface area contributed by atoms with Gasteiger partial charge in [-0.1, -0.05) is 30.3 Å². The van der Waals surface area contributed by atoms with E-state index in [1.807, 2.05) is 6.07 Å². The highest BCUT2D eigenvalue weighted by molar-refractivity contribution is 5.97. The second kappa shape index (κ2) is 10.1. The molecule has 2 aromatic rings. The number of hydrogen-bond acceptors (Lipinski definition) is 6. The molecule has 1 heterocycles. The number of benzene rings is 1. The van der Waals surface area contributed by atoms with Crippen LogP contribution in [0.4, 0.5) is 15.3 Å². The van der Waals surface area contributed by atoms with Crippen LogP contribution in [-0.4, -0.2) is 33.8 Å². The normalized spacial score (nSPS) is 11.4. The maximum Gasteiger partial charge on any atom is 0.412 e. The van der Waals surface area contributed by atoms with Crippen LogP contribution < -0.4 is 10.6 Å². The molecule has 0 aliphatic carbocycles. The first-order valence-electron chi connectivity index (χ1n) is 9.01. The third kappa shape index (κ3) is 7.63. The van der Waals surface area contributed by atoms with Crippen molar-refractivity contribution in [1.82, 2.24) is 10.3 Å². The van der Waals surface area contributed by atoms with Crippen LogP contribution in [0.15, 0.2) is 54.5 Å². The van der Waals surface area contributed by atoms with Gasteiger partial charge in [0, 0.05) is 18.0 Å². The number of carbonyl (C=O) groups excluding carboxylic acids is 2. The van der Waals surface area contributed by atoms with E-state index in [0.29, 0.717) is 0 Å². The number of pyridine rings is 1. The van der Waals surface area contributed by atoms with E-state index in [1.165, 1.54) is 18.5 Å². The summed E-state index contributed by atoms with van der Waals surface area (Å²) in [4.78, 5) is 39.5. The van der Waals surface area contributed by atoms with E-state index >= 15 is 0 Å². The molecule has 0 bridgehead atoms. The highest BCUT2D eigenvalue weighted by Gasteiger charge is 2.18. The Morgan fingerprint density at radius 2 is 1.80 bits per heavy atom. The van der Waals surface area contributed by atoms with Crippen molar-refractivity contribution in [2.75, 3.05) is 5.32 Å². The number of anilines is 1. The standard InChI is InChI=1S/C21H23N3O6/c1-21(2,3)30-20(28)23-16-9-10-22-12-15(16)11-17(18(25)26)24-19(27)29-13-14-7-5-4-6-8-14/h4-12H,13H2,1-3H3,(H,24,27)(H,25,26)(H,22,23,28). The molecule has 2 amide bonds. The Bertz CT molecular complexity index is 935. The predicted octanol–water partition coefficient (Wildman–Crippen LogP) is 3.78. The van der Waals surface area contributed by atoms with E-state index in [-0.39, 0.29) is 17.9 Å². The van der Waals surface area contributed by atoms with Crippen LogP contribution in [0.1, 0.15) is 31.9 Å². The topological polar surface area (TPSA) is 127 Å². The summed E-state index contributed by atoms with van der Waals surface area (Å²) < 4.78 is 10.2. The number of carbonyl (C=O) groups is 3. The van der Waals surface area contributed by atoms with Gasteiger partial charge in [0.15, 0.2) is 0 Å². The van der Waals surface area contributed by atoms with E-state index in [9.17, 15) is 19.5 Å². The number of ether oxygens (including phenoxy) is 2. The molecule has 30 heavy (non-hydrogen) atoms. The lowest BCUT2D eigenvalue weighted by Gasteiger charge is -2.20. The van der Waals surface area contributed by atoms with Crippen molar-refractivity contribution in [3.63, 3.8) is 0 Å². The summed E-state index contributed by atoms with van der Waals surface area (Å²) in [6.07, 6.45) is 2.28. The second-order valence-corrected chi connectivity index (χ2v) is 7.14. The summed E-state index contributed by atoms with van der Waals surface area (Å²) >= 11 is 0. The largest absolute Gasteiger partial charge is 0.477 e. The molecule has 0 radical (unpaired) electrons. The Labute approximate surface area is 173 Å². The fourth-order valence-electron chi connectivity index (χ4n) is 2.23. The molecular formula is C21H23N3O6. The van der Waals surface area contributed by atoms with Crippen molar-refractivity contribution in [2.45, 2.75) is 33.0 Å². The molecule has 9 nitrogen and oxygen atoms in total. The first-order chi connectivity index (χ1) is 14.1. The van der Waals surface area contributed by atoms with Gasteiger partial charge in [-0.05, 0) is 38.5 Å². The summed E-state index contributed by atoms with van der Waals surface area (Å²) in [7, 11) is 0. The van der Waals surface area contributed by atoms with Gasteiger partial charge in [-0.15, -0.1) is 0 Å². The van der Waals surface area contributed by atoms with Crippen molar-refractivity contribution in [3.8, 4) is 0 Å². The monoisotopic (exact) mass is 413 g/mol. The predicted molar refractivity (Wildman–Crippen MR) is 109 cm³/mol. The van der Waals surface area contributed by atoms with Crippen LogP contribution in [0.5, 0.6) is 0 Å². The van der Waals surface area contributed by atoms with Crippen molar-refractivity contribution in [3.05, 3.63) is 65.6 Å². The van der Waals surface area contributed by atoms with E-state index in [0.717, 1.165) is 11.6 Å². The minimum Gasteiger partial charge on any atom is -0.477 e. The number of hydrogen-bond donors (Lipinski definition) is 3. The highest BCUT2D eigenvalue weighted by atomic mass is 16.6. The summed E-state index contributed by atoms with van der Waals surface area (Å²) in [6, 6.07) is 10.4. The molecule has 0 saturated heterocycles. The molecular weight excluding hydrogens is 390 g/mol. The summed E-state index contributed by atoms with van der Waals surface area (Å²) in [5.74, 6) is -1.39. The number of amides is 2. The number of nitrogens with zero attached hydrogens (tertiary/aromatic N) is 1. The van der Waals surface area contributed by atoms with Gasteiger partial charge in [0.2, 0.25) is 0 Å². The quantitative estimate of drug-likeness (QED) is 0.615. The molecule has 1 aromatic carbocycles. The zero-order chi connectivity index (χ0) is 22.1. The lowest BCUT2D eigenvalue weighted by Crippen LogP contribution is -2.28. The maximum atomic E-state index is 12.0. The Morgan fingerprint density at radius 1 is 1.10 bits per heavy atom. The molecule has 0 aliphatic rings. The average molecular weight is 413 g/mol. The van der Waals surface area contributed by atoms with Crippen LogP contribution in [0, 0.1) is 0 Å². The summed E-state index contributed by atoms with van der Waals surface area (Å²) in [5.41, 5.74) is 0.114. The molecule has 0 unspecified atom stereocenters. The highest BCUT2D eigenvalue weighted by Crippen LogP contribution is 2.18. The summed E-state index contributed by atoms with van der Waals surface area (Å²) in [6.45, 7) is 5.13. The zero-order valence-electron chi connectivity index (χ0n) is 16.8. The minimum absolute atomic E-state index is 0.0160. The van der Waals surface area contributed by atoms with Gasteiger partial charge in [-0.25, -0.2) is 14.4 Å². The number of alkyl carbamates (subject to hydrolysis) is 1. The van der Waals surface area contributed by atoms with Gasteiger partial charge >= 0.3 is 18.2 Å². The van der Waals surface area contributed by atoms with E-state index in [4.69, 9.17) is 9.47 Å². The Balaban J connectivity index is 2.12. The fraction of sp³-hybridized carbons (Fsp3) is 0.238. The molecule has 0 spiro atoms. The average Bonchev–Trinajstić information content (AvgIpc) is 2.66. The van der Waals surface area contributed by atoms with Crippen LogP contribution in [0.2, 0.25) is 0 Å². The lowest BCUT2D eigenvalue weighted by molar-refractivity contribution is -0.132. The number of rotatable bonds is 6. The molecule has 158 valence electrons. The first kappa shape index (κ1) is 22.4. The third-order valence-electron chi connectivity index (χ3n) is 3.47. The van der Waals surface area contributed by atoms with Crippen molar-refractivity contribution in [1.29, 1.82) is 0 Å². The van der Waals surface area contributed by atoms with Gasteiger partial charge in [0.1, 0.15) is 17.9 Å². The molecule has 0 fully saturated rings. The van der Waals surface area contributed by atoms with E-state index < -0.39 is 29.5 Å². The van der Waals surface area contributed by atoms with Crippen LogP contribution in [0.25, 0.3) is 6.08 Å². The lowest BCUT2D eigenvalue weighted by atomic mass is 10.2. The molecule has 0 atom stereocenters. The third-order valence-corrected chi connectivity index (χ3v) is 3.47. The maximum absolute atomic E-state index is 12.0. The summed E-state index contributed by atoms with van der Waals surface area (Å²) in [5, 5.41) is 14.1. The number of nitrogens with one attached hydrogen (secondary N) is 2. The van der Waals surface area contributed by atoms with Gasteiger partial charge in [-0.2, -0.15) is 0 Å². The smallest absolute Gasteiger partial charge is 0.412 e. The fourth-order valence-corrected chi connectivity index (χ4v) is 2.23. The Morgan fingerprint density at radius 3 is 2.43 bits per heavy atom. The van der Waals surface area contributed by atoms with Crippen molar-refractivity contribution < 1.29 is 29.0 Å². The van der Waals surface area contributed by atoms with Crippen molar-refractivity contribution >= 4 is 29.9 Å². The van der Waals surface area contributed by atoms with Crippen LogP contribution in [-0.2, 0) is 20.9 Å². The number of aromatic nitrogens is 1. The van der Waals surface area contributed by atoms with Gasteiger partial charge in [0.25, 0.3) is 0 Å². The zero-order valence-corrected chi connectivity index (χ0v) is 16.8. The van der Waals surface area contributed by atoms with Gasteiger partial charge < -0.3 is 14.6 Å². The molecule has 3 N–H and O–H groups in total. The van der Waals surface area contributed by atoms with Crippen LogP contribution in [0.3, 0.4) is 0 Å². The Hall–Kier alpha value is -3.88. The molecule has 2 rings (SSSR count). The van der Waals surface area contributed by atoms with Gasteiger partial charge in [-0.3, -0.25) is 15.6 Å². The van der Waals surface area contributed by atoms with E-state index in [1.54, 1.807) is 45.0 Å². The van der Waals surface area contributed by atoms with Gasteiger partial charge in [0.05, 0.1) is 5.69 Å². The van der Waals surface area contributed by atoms with E-state index in [2.05, 4.69) is 15.6 Å². The second-order valence-electron chi connectivity index (χ2n) is 7.14. The number of carboxylic acids is 1.